The van der Waals surface area contributed by atoms with Crippen LogP contribution < -0.4 is 0 Å². The van der Waals surface area contributed by atoms with Crippen molar-refractivity contribution in [3.63, 3.8) is 0 Å². The lowest BCUT2D eigenvalue weighted by Gasteiger charge is -2.00. The SMILES string of the molecule is CCCCC[S@@](=O)c1ccc(C)cn1. The van der Waals surface area contributed by atoms with E-state index in [-0.39, 0.29) is 0 Å². The smallest absolute Gasteiger partial charge is 0.127 e. The summed E-state index contributed by atoms with van der Waals surface area (Å²) >= 11 is 0. The number of hydrogen-bond donors (Lipinski definition) is 0. The monoisotopic (exact) mass is 211 g/mol. The largest absolute Gasteiger partial charge is 0.253 e. The van der Waals surface area contributed by atoms with Crippen LogP contribution in [0.5, 0.6) is 0 Å². The molecule has 0 bridgehead atoms. The van der Waals surface area contributed by atoms with Crippen molar-refractivity contribution >= 4 is 10.8 Å². The summed E-state index contributed by atoms with van der Waals surface area (Å²) in [6.07, 6.45) is 5.11. The van der Waals surface area contributed by atoms with Crippen molar-refractivity contribution < 1.29 is 4.21 Å². The number of aromatic nitrogens is 1. The normalized spacial score (nSPS) is 12.7. The molecule has 1 rings (SSSR count). The molecule has 2 nitrogen and oxygen atoms in total. The lowest BCUT2D eigenvalue weighted by Crippen LogP contribution is -2.00. The quantitative estimate of drug-likeness (QED) is 0.701. The fourth-order valence-corrected chi connectivity index (χ4v) is 2.24. The Bertz CT molecular complexity index is 295. The van der Waals surface area contributed by atoms with Gasteiger partial charge < -0.3 is 0 Å². The van der Waals surface area contributed by atoms with Crippen LogP contribution in [0.4, 0.5) is 0 Å². The van der Waals surface area contributed by atoms with Crippen LogP contribution in [-0.2, 0) is 10.8 Å². The van der Waals surface area contributed by atoms with Gasteiger partial charge in [0, 0.05) is 11.9 Å². The highest BCUT2D eigenvalue weighted by Crippen LogP contribution is 2.06. The topological polar surface area (TPSA) is 30.0 Å². The van der Waals surface area contributed by atoms with Gasteiger partial charge in [-0.3, -0.25) is 4.21 Å². The van der Waals surface area contributed by atoms with E-state index in [9.17, 15) is 4.21 Å². The van der Waals surface area contributed by atoms with Gasteiger partial charge in [-0.15, -0.1) is 0 Å². The first kappa shape index (κ1) is 11.4. The number of rotatable bonds is 5. The molecule has 1 aromatic rings. The fourth-order valence-electron chi connectivity index (χ4n) is 1.18. The minimum absolute atomic E-state index is 0.715. The Balaban J connectivity index is 2.48. The zero-order chi connectivity index (χ0) is 10.4. The molecular weight excluding hydrogens is 194 g/mol. The van der Waals surface area contributed by atoms with E-state index < -0.39 is 10.8 Å². The third-order valence-electron chi connectivity index (χ3n) is 2.05. The third-order valence-corrected chi connectivity index (χ3v) is 3.42. The van der Waals surface area contributed by atoms with E-state index >= 15 is 0 Å². The highest BCUT2D eigenvalue weighted by molar-refractivity contribution is 7.84. The molecule has 14 heavy (non-hydrogen) atoms. The van der Waals surface area contributed by atoms with E-state index in [1.807, 2.05) is 19.1 Å². The second-order valence-corrected chi connectivity index (χ2v) is 4.95. The first-order chi connectivity index (χ1) is 6.74. The molecule has 1 atom stereocenters. The van der Waals surface area contributed by atoms with Crippen molar-refractivity contribution in [1.29, 1.82) is 0 Å². The Kier molecular flexibility index (Phi) is 4.80. The van der Waals surface area contributed by atoms with E-state index in [2.05, 4.69) is 11.9 Å². The molecule has 78 valence electrons. The first-order valence-electron chi connectivity index (χ1n) is 5.05. The van der Waals surface area contributed by atoms with Gasteiger partial charge >= 0.3 is 0 Å². The Labute approximate surface area is 88.2 Å². The maximum absolute atomic E-state index is 11.7. The highest BCUT2D eigenvalue weighted by Gasteiger charge is 2.03. The van der Waals surface area contributed by atoms with Gasteiger partial charge in [-0.25, -0.2) is 4.98 Å². The zero-order valence-corrected chi connectivity index (χ0v) is 9.64. The summed E-state index contributed by atoms with van der Waals surface area (Å²) in [4.78, 5) is 4.16. The predicted molar refractivity (Wildman–Crippen MR) is 59.8 cm³/mol. The van der Waals surface area contributed by atoms with Crippen molar-refractivity contribution in [3.05, 3.63) is 23.9 Å². The predicted octanol–water partition coefficient (Wildman–Crippen LogP) is 2.69. The molecule has 0 spiro atoms. The van der Waals surface area contributed by atoms with Gasteiger partial charge in [-0.05, 0) is 25.0 Å². The highest BCUT2D eigenvalue weighted by atomic mass is 32.2. The standard InChI is InChI=1S/C11H17NOS/c1-3-4-5-8-14(13)11-7-6-10(2)9-12-11/h6-7,9H,3-5,8H2,1-2H3/t14-/m1/s1. The summed E-state index contributed by atoms with van der Waals surface area (Å²) in [5.41, 5.74) is 1.11. The second-order valence-electron chi connectivity index (χ2n) is 3.43. The lowest BCUT2D eigenvalue weighted by molar-refractivity contribution is 0.673. The number of nitrogens with zero attached hydrogens (tertiary/aromatic N) is 1. The molecule has 0 aliphatic rings. The van der Waals surface area contributed by atoms with E-state index in [1.54, 1.807) is 6.20 Å². The number of unbranched alkanes of at least 4 members (excludes halogenated alkanes) is 2. The van der Waals surface area contributed by atoms with Gasteiger partial charge in [0.1, 0.15) is 5.03 Å². The molecule has 1 heterocycles. The molecule has 0 aliphatic heterocycles. The molecule has 0 aliphatic carbocycles. The van der Waals surface area contributed by atoms with Crippen LogP contribution in [0.1, 0.15) is 31.7 Å². The lowest BCUT2D eigenvalue weighted by atomic mass is 10.3. The van der Waals surface area contributed by atoms with Crippen molar-refractivity contribution in [2.45, 2.75) is 38.1 Å². The van der Waals surface area contributed by atoms with Crippen LogP contribution in [0.25, 0.3) is 0 Å². The van der Waals surface area contributed by atoms with E-state index in [0.29, 0.717) is 5.03 Å². The summed E-state index contributed by atoms with van der Waals surface area (Å²) in [7, 11) is -0.904. The van der Waals surface area contributed by atoms with Gasteiger partial charge in [0.2, 0.25) is 0 Å². The zero-order valence-electron chi connectivity index (χ0n) is 8.82. The average Bonchev–Trinajstić information content (AvgIpc) is 2.19. The van der Waals surface area contributed by atoms with Gasteiger partial charge in [0.05, 0.1) is 10.8 Å². The Morgan fingerprint density at radius 3 is 2.71 bits per heavy atom. The number of pyridine rings is 1. The first-order valence-corrected chi connectivity index (χ1v) is 6.37. The van der Waals surface area contributed by atoms with E-state index in [0.717, 1.165) is 24.2 Å². The Morgan fingerprint density at radius 1 is 1.36 bits per heavy atom. The second kappa shape index (κ2) is 5.91. The molecule has 0 amide bonds. The van der Waals surface area contributed by atoms with Crippen molar-refractivity contribution in [3.8, 4) is 0 Å². The molecular formula is C11H17NOS. The molecule has 1 aromatic heterocycles. The Hall–Kier alpha value is -0.700. The van der Waals surface area contributed by atoms with Gasteiger partial charge in [0.15, 0.2) is 0 Å². The van der Waals surface area contributed by atoms with Gasteiger partial charge in [0.25, 0.3) is 0 Å². The van der Waals surface area contributed by atoms with Crippen LogP contribution >= 0.6 is 0 Å². The average molecular weight is 211 g/mol. The maximum atomic E-state index is 11.7. The molecule has 0 saturated heterocycles. The van der Waals surface area contributed by atoms with Crippen molar-refractivity contribution in [1.82, 2.24) is 4.98 Å². The van der Waals surface area contributed by atoms with Gasteiger partial charge in [-0.2, -0.15) is 0 Å². The molecule has 3 heteroatoms. The summed E-state index contributed by atoms with van der Waals surface area (Å²) in [5, 5.41) is 0.715. The summed E-state index contributed by atoms with van der Waals surface area (Å²) in [6.45, 7) is 4.13. The van der Waals surface area contributed by atoms with Crippen molar-refractivity contribution in [2.75, 3.05) is 5.75 Å². The van der Waals surface area contributed by atoms with Crippen LogP contribution in [-0.4, -0.2) is 14.9 Å². The minimum Gasteiger partial charge on any atom is -0.253 e. The number of hydrogen-bond acceptors (Lipinski definition) is 2. The molecule has 0 N–H and O–H groups in total. The Morgan fingerprint density at radius 2 is 2.14 bits per heavy atom. The summed E-state index contributed by atoms with van der Waals surface area (Å²) in [5.74, 6) is 0.740. The van der Waals surface area contributed by atoms with Gasteiger partial charge in [-0.1, -0.05) is 25.8 Å². The molecule has 0 unspecified atom stereocenters. The van der Waals surface area contributed by atoms with Crippen molar-refractivity contribution in [2.24, 2.45) is 0 Å². The van der Waals surface area contributed by atoms with Crippen LogP contribution in [0.2, 0.25) is 0 Å². The van der Waals surface area contributed by atoms with E-state index in [4.69, 9.17) is 0 Å². The number of aryl methyl sites for hydroxylation is 1. The van der Waals surface area contributed by atoms with E-state index in [1.165, 1.54) is 6.42 Å². The van der Waals surface area contributed by atoms with Crippen LogP contribution in [0, 0.1) is 6.92 Å². The molecule has 0 aromatic carbocycles. The van der Waals surface area contributed by atoms with Crippen LogP contribution in [0.15, 0.2) is 23.4 Å². The third kappa shape index (κ3) is 3.58. The summed E-state index contributed by atoms with van der Waals surface area (Å²) in [6, 6.07) is 3.82. The molecule has 0 fully saturated rings. The maximum Gasteiger partial charge on any atom is 0.127 e. The van der Waals surface area contributed by atoms with Crippen LogP contribution in [0.3, 0.4) is 0 Å². The summed E-state index contributed by atoms with van der Waals surface area (Å²) < 4.78 is 11.7. The molecule has 0 radical (unpaired) electrons. The molecule has 0 saturated carbocycles. The fraction of sp³-hybridized carbons (Fsp3) is 0.545. The minimum atomic E-state index is -0.904.